The summed E-state index contributed by atoms with van der Waals surface area (Å²) in [7, 11) is 0. The van der Waals surface area contributed by atoms with Gasteiger partial charge in [0.15, 0.2) is 5.65 Å². The minimum atomic E-state index is -0.145. The fraction of sp³-hybridized carbons (Fsp3) is 0.200. The molecule has 6 nitrogen and oxygen atoms in total. The molecule has 1 N–H and O–H groups in total. The van der Waals surface area contributed by atoms with Gasteiger partial charge in [-0.1, -0.05) is 18.2 Å². The molecule has 3 aromatic rings. The summed E-state index contributed by atoms with van der Waals surface area (Å²) in [5.41, 5.74) is 4.68. The fourth-order valence-corrected chi connectivity index (χ4v) is 2.16. The normalized spacial score (nSPS) is 10.8. The standard InChI is InChI=1S/C15H15N5O/c1-10-4-3-5-12(11(10)2)8-16-15(21)13-6-7-14-17-18-19-20(14)9-13/h3-7,9H,8H2,1-2H3,(H,16,21). The molecule has 2 aromatic heterocycles. The monoisotopic (exact) mass is 281 g/mol. The SMILES string of the molecule is Cc1cccc(CNC(=O)c2ccc3nnnn3c2)c1C. The van der Waals surface area contributed by atoms with Crippen molar-refractivity contribution < 1.29 is 4.79 Å². The van der Waals surface area contributed by atoms with Crippen LogP contribution in [0.5, 0.6) is 0 Å². The summed E-state index contributed by atoms with van der Waals surface area (Å²) < 4.78 is 1.48. The second-order valence-electron chi connectivity index (χ2n) is 4.94. The van der Waals surface area contributed by atoms with Gasteiger partial charge in [-0.3, -0.25) is 4.79 Å². The zero-order valence-corrected chi connectivity index (χ0v) is 11.9. The van der Waals surface area contributed by atoms with Crippen molar-refractivity contribution in [1.82, 2.24) is 25.4 Å². The Morgan fingerprint density at radius 1 is 1.24 bits per heavy atom. The van der Waals surface area contributed by atoms with E-state index in [2.05, 4.69) is 40.8 Å². The van der Waals surface area contributed by atoms with Gasteiger partial charge in [0.05, 0.1) is 5.56 Å². The van der Waals surface area contributed by atoms with Crippen molar-refractivity contribution in [3.63, 3.8) is 0 Å². The topological polar surface area (TPSA) is 72.2 Å². The summed E-state index contributed by atoms with van der Waals surface area (Å²) in [5.74, 6) is -0.145. The van der Waals surface area contributed by atoms with Crippen LogP contribution >= 0.6 is 0 Å². The molecule has 106 valence electrons. The second kappa shape index (κ2) is 5.32. The lowest BCUT2D eigenvalue weighted by atomic mass is 10.0. The molecule has 1 amide bonds. The molecule has 1 aromatic carbocycles. The van der Waals surface area contributed by atoms with E-state index >= 15 is 0 Å². The molecular weight excluding hydrogens is 266 g/mol. The van der Waals surface area contributed by atoms with Gasteiger partial charge in [-0.2, -0.15) is 4.52 Å². The first-order valence-corrected chi connectivity index (χ1v) is 6.66. The number of carbonyl (C=O) groups excluding carboxylic acids is 1. The highest BCUT2D eigenvalue weighted by molar-refractivity contribution is 5.94. The number of aryl methyl sites for hydroxylation is 1. The summed E-state index contributed by atoms with van der Waals surface area (Å²) in [5, 5.41) is 14.1. The lowest BCUT2D eigenvalue weighted by molar-refractivity contribution is 0.0950. The van der Waals surface area contributed by atoms with Gasteiger partial charge >= 0.3 is 0 Å². The Kier molecular flexibility index (Phi) is 3.35. The number of fused-ring (bicyclic) bond motifs is 1. The lowest BCUT2D eigenvalue weighted by Crippen LogP contribution is -2.23. The molecule has 0 radical (unpaired) electrons. The first-order chi connectivity index (χ1) is 10.1. The van der Waals surface area contributed by atoms with Crippen LogP contribution in [0.3, 0.4) is 0 Å². The predicted octanol–water partition coefficient (Wildman–Crippen LogP) is 1.67. The van der Waals surface area contributed by atoms with Crippen LogP contribution in [-0.4, -0.2) is 25.9 Å². The fourth-order valence-electron chi connectivity index (χ4n) is 2.16. The number of hydrogen-bond acceptors (Lipinski definition) is 4. The van der Waals surface area contributed by atoms with Crippen molar-refractivity contribution in [1.29, 1.82) is 0 Å². The van der Waals surface area contributed by atoms with Gasteiger partial charge in [-0.15, -0.1) is 5.10 Å². The van der Waals surface area contributed by atoms with Crippen LogP contribution in [-0.2, 0) is 6.54 Å². The highest BCUT2D eigenvalue weighted by Gasteiger charge is 2.08. The number of benzene rings is 1. The highest BCUT2D eigenvalue weighted by atomic mass is 16.1. The van der Waals surface area contributed by atoms with E-state index in [9.17, 15) is 4.79 Å². The molecule has 2 heterocycles. The van der Waals surface area contributed by atoms with Crippen molar-refractivity contribution >= 4 is 11.6 Å². The van der Waals surface area contributed by atoms with Crippen molar-refractivity contribution in [3.8, 4) is 0 Å². The number of tetrazole rings is 1. The van der Waals surface area contributed by atoms with E-state index in [1.807, 2.05) is 12.1 Å². The predicted molar refractivity (Wildman–Crippen MR) is 77.9 cm³/mol. The number of aromatic nitrogens is 4. The lowest BCUT2D eigenvalue weighted by Gasteiger charge is -2.10. The maximum atomic E-state index is 12.2. The molecule has 0 unspecified atom stereocenters. The van der Waals surface area contributed by atoms with Crippen LogP contribution in [0.2, 0.25) is 0 Å². The Hall–Kier alpha value is -2.76. The quantitative estimate of drug-likeness (QED) is 0.792. The van der Waals surface area contributed by atoms with Gasteiger partial charge in [0.1, 0.15) is 0 Å². The van der Waals surface area contributed by atoms with E-state index in [1.165, 1.54) is 15.6 Å². The zero-order valence-electron chi connectivity index (χ0n) is 11.9. The van der Waals surface area contributed by atoms with Gasteiger partial charge in [0.25, 0.3) is 5.91 Å². The zero-order chi connectivity index (χ0) is 14.8. The van der Waals surface area contributed by atoms with Crippen LogP contribution in [0.15, 0.2) is 36.5 Å². The molecule has 0 bridgehead atoms. The summed E-state index contributed by atoms with van der Waals surface area (Å²) in [6, 6.07) is 9.51. The molecule has 21 heavy (non-hydrogen) atoms. The summed E-state index contributed by atoms with van der Waals surface area (Å²) in [4.78, 5) is 12.2. The molecular formula is C15H15N5O. The molecule has 0 atom stereocenters. The minimum absolute atomic E-state index is 0.145. The molecule has 6 heteroatoms. The Balaban J connectivity index is 1.75. The second-order valence-corrected chi connectivity index (χ2v) is 4.94. The minimum Gasteiger partial charge on any atom is -0.348 e. The first kappa shape index (κ1) is 13.2. The van der Waals surface area contributed by atoms with Crippen LogP contribution in [0.25, 0.3) is 5.65 Å². The molecule has 3 rings (SSSR count). The average molecular weight is 281 g/mol. The molecule has 0 spiro atoms. The number of pyridine rings is 1. The van der Waals surface area contributed by atoms with Gasteiger partial charge < -0.3 is 5.32 Å². The van der Waals surface area contributed by atoms with Crippen LogP contribution in [0, 0.1) is 13.8 Å². The summed E-state index contributed by atoms with van der Waals surface area (Å²) >= 11 is 0. The summed E-state index contributed by atoms with van der Waals surface area (Å²) in [6.07, 6.45) is 1.62. The first-order valence-electron chi connectivity index (χ1n) is 6.66. The van der Waals surface area contributed by atoms with E-state index in [4.69, 9.17) is 0 Å². The van der Waals surface area contributed by atoms with Crippen LogP contribution in [0.1, 0.15) is 27.0 Å². The van der Waals surface area contributed by atoms with Gasteiger partial charge in [0, 0.05) is 12.7 Å². The number of nitrogens with one attached hydrogen (secondary N) is 1. The Morgan fingerprint density at radius 3 is 2.95 bits per heavy atom. The maximum Gasteiger partial charge on any atom is 0.253 e. The van der Waals surface area contributed by atoms with Crippen molar-refractivity contribution in [2.45, 2.75) is 20.4 Å². The smallest absolute Gasteiger partial charge is 0.253 e. The van der Waals surface area contributed by atoms with E-state index in [0.29, 0.717) is 17.8 Å². The number of carbonyl (C=O) groups is 1. The number of rotatable bonds is 3. The Labute approximate surface area is 121 Å². The number of amides is 1. The molecule has 0 fully saturated rings. The maximum absolute atomic E-state index is 12.2. The largest absolute Gasteiger partial charge is 0.348 e. The van der Waals surface area contributed by atoms with Crippen LogP contribution in [0.4, 0.5) is 0 Å². The molecule has 0 aliphatic heterocycles. The Morgan fingerprint density at radius 2 is 2.10 bits per heavy atom. The van der Waals surface area contributed by atoms with E-state index in [1.54, 1.807) is 18.3 Å². The van der Waals surface area contributed by atoms with Crippen LogP contribution < -0.4 is 5.32 Å². The molecule has 0 aliphatic carbocycles. The Bertz CT molecular complexity index is 809. The molecule has 0 saturated heterocycles. The number of nitrogens with zero attached hydrogens (tertiary/aromatic N) is 4. The number of hydrogen-bond donors (Lipinski definition) is 1. The third-order valence-corrected chi connectivity index (χ3v) is 3.61. The van der Waals surface area contributed by atoms with Gasteiger partial charge in [-0.05, 0) is 53.1 Å². The third-order valence-electron chi connectivity index (χ3n) is 3.61. The van der Waals surface area contributed by atoms with E-state index in [-0.39, 0.29) is 5.91 Å². The average Bonchev–Trinajstić information content (AvgIpc) is 2.96. The van der Waals surface area contributed by atoms with E-state index in [0.717, 1.165) is 5.56 Å². The van der Waals surface area contributed by atoms with Crippen molar-refractivity contribution in [2.75, 3.05) is 0 Å². The molecule has 0 saturated carbocycles. The summed E-state index contributed by atoms with van der Waals surface area (Å²) in [6.45, 7) is 4.62. The van der Waals surface area contributed by atoms with Gasteiger partial charge in [0.2, 0.25) is 0 Å². The highest BCUT2D eigenvalue weighted by Crippen LogP contribution is 2.12. The van der Waals surface area contributed by atoms with Crippen molar-refractivity contribution in [2.24, 2.45) is 0 Å². The molecule has 0 aliphatic rings. The van der Waals surface area contributed by atoms with Gasteiger partial charge in [-0.25, -0.2) is 0 Å². The third kappa shape index (κ3) is 2.60. The van der Waals surface area contributed by atoms with E-state index < -0.39 is 0 Å². The van der Waals surface area contributed by atoms with Crippen molar-refractivity contribution in [3.05, 3.63) is 58.8 Å².